The Hall–Kier alpha value is -2.36. The van der Waals surface area contributed by atoms with Crippen LogP contribution in [0.3, 0.4) is 0 Å². The van der Waals surface area contributed by atoms with Gasteiger partial charge in [-0.15, -0.1) is 6.58 Å². The van der Waals surface area contributed by atoms with Gasteiger partial charge < -0.3 is 24.2 Å². The van der Waals surface area contributed by atoms with Gasteiger partial charge in [-0.25, -0.2) is 4.79 Å². The third-order valence-electron chi connectivity index (χ3n) is 9.19. The molecule has 0 aromatic carbocycles. The van der Waals surface area contributed by atoms with Gasteiger partial charge in [0.05, 0.1) is 18.8 Å². The van der Waals surface area contributed by atoms with Crippen LogP contribution in [0.4, 0.5) is 0 Å². The van der Waals surface area contributed by atoms with E-state index in [4.69, 9.17) is 14.2 Å². The quantitative estimate of drug-likeness (QED) is 0.289. The molecular weight excluding hydrogens is 538 g/mol. The molecule has 2 fully saturated rings. The van der Waals surface area contributed by atoms with Crippen LogP contribution in [0.15, 0.2) is 24.3 Å². The minimum absolute atomic E-state index is 0.0567. The first-order valence-electron chi connectivity index (χ1n) is 15.7. The Labute approximate surface area is 251 Å². The van der Waals surface area contributed by atoms with Crippen molar-refractivity contribution in [2.75, 3.05) is 20.3 Å². The summed E-state index contributed by atoms with van der Waals surface area (Å²) in [5, 5.41) is 11.6. The van der Waals surface area contributed by atoms with Crippen LogP contribution in [0.1, 0.15) is 91.9 Å². The van der Waals surface area contributed by atoms with Crippen molar-refractivity contribution in [1.29, 1.82) is 0 Å². The fraction of sp³-hybridized carbons (Fsp3) is 0.758. The van der Waals surface area contributed by atoms with Gasteiger partial charge >= 0.3 is 5.97 Å². The summed E-state index contributed by atoms with van der Waals surface area (Å²) in [6.45, 7) is 11.9. The first-order valence-corrected chi connectivity index (χ1v) is 15.7. The highest BCUT2D eigenvalue weighted by Crippen LogP contribution is 2.38. The minimum atomic E-state index is -2.31. The van der Waals surface area contributed by atoms with E-state index in [1.54, 1.807) is 20.1 Å². The van der Waals surface area contributed by atoms with Crippen LogP contribution >= 0.6 is 0 Å². The molecule has 0 aromatic rings. The zero-order chi connectivity index (χ0) is 31.0. The number of Topliss-reactive ketones (excluding diaryl/α,β-unsaturated/α-hetero) is 2. The lowest BCUT2D eigenvalue weighted by atomic mass is 9.83. The van der Waals surface area contributed by atoms with E-state index in [1.807, 2.05) is 19.9 Å². The number of piperidine rings is 1. The van der Waals surface area contributed by atoms with Gasteiger partial charge in [-0.2, -0.15) is 0 Å². The molecule has 2 bridgehead atoms. The van der Waals surface area contributed by atoms with Gasteiger partial charge in [-0.05, 0) is 76.5 Å². The van der Waals surface area contributed by atoms with Crippen LogP contribution in [0.2, 0.25) is 0 Å². The van der Waals surface area contributed by atoms with E-state index in [1.165, 1.54) is 4.90 Å². The molecule has 1 N–H and O–H groups in total. The second kappa shape index (κ2) is 15.4. The van der Waals surface area contributed by atoms with Crippen molar-refractivity contribution in [3.63, 3.8) is 0 Å². The van der Waals surface area contributed by atoms with Crippen molar-refractivity contribution < 1.29 is 38.5 Å². The maximum atomic E-state index is 13.6. The largest absolute Gasteiger partial charge is 0.464 e. The topological polar surface area (TPSA) is 119 Å². The number of ketones is 2. The third kappa shape index (κ3) is 8.38. The molecule has 0 spiro atoms. The second-order valence-electron chi connectivity index (χ2n) is 12.9. The van der Waals surface area contributed by atoms with E-state index < -0.39 is 41.5 Å². The summed E-state index contributed by atoms with van der Waals surface area (Å²) in [5.74, 6) is -5.46. The summed E-state index contributed by atoms with van der Waals surface area (Å²) in [7, 11) is 1.58. The average Bonchev–Trinajstić information content (AvgIpc) is 2.97. The number of rotatable bonds is 3. The van der Waals surface area contributed by atoms with Crippen LogP contribution in [0.25, 0.3) is 0 Å². The number of amides is 1. The molecule has 42 heavy (non-hydrogen) atoms. The highest BCUT2D eigenvalue weighted by Gasteiger charge is 2.55. The van der Waals surface area contributed by atoms with Gasteiger partial charge in [-0.3, -0.25) is 14.4 Å². The van der Waals surface area contributed by atoms with Crippen LogP contribution in [-0.2, 0) is 33.4 Å². The minimum Gasteiger partial charge on any atom is -0.464 e. The number of cyclic esters (lactones) is 1. The first-order chi connectivity index (χ1) is 19.9. The van der Waals surface area contributed by atoms with E-state index in [0.717, 1.165) is 18.4 Å². The van der Waals surface area contributed by atoms with Crippen molar-refractivity contribution in [3.8, 4) is 0 Å². The number of methoxy groups -OCH3 is 1. The highest BCUT2D eigenvalue weighted by molar-refractivity contribution is 6.39. The van der Waals surface area contributed by atoms with Crippen molar-refractivity contribution in [3.05, 3.63) is 24.3 Å². The molecule has 0 radical (unpaired) electrons. The maximum Gasteiger partial charge on any atom is 0.328 e. The van der Waals surface area contributed by atoms with Crippen LogP contribution in [0.5, 0.6) is 0 Å². The molecule has 236 valence electrons. The molecular formula is C33H51NO8. The SMILES string of the molecule is C=CC[C@@H]1/C=C(\C)C[C@H](C)CC[C@H]2O[C@@](O)(C(=O)C(=O)N3CCCC[C@H]3C(=O)OC[C@H](C)CCC1=O)[C@H](C)C[C@@H]2OC. The van der Waals surface area contributed by atoms with Crippen molar-refractivity contribution >= 4 is 23.4 Å². The summed E-state index contributed by atoms with van der Waals surface area (Å²) in [6, 6.07) is -0.908. The number of nitrogens with zero attached hydrogens (tertiary/aromatic N) is 1. The molecule has 3 aliphatic rings. The lowest BCUT2D eigenvalue weighted by Gasteiger charge is -2.45. The fourth-order valence-corrected chi connectivity index (χ4v) is 6.52. The van der Waals surface area contributed by atoms with Gasteiger partial charge in [0.15, 0.2) is 0 Å². The molecule has 0 aromatic heterocycles. The van der Waals surface area contributed by atoms with Gasteiger partial charge in [0.2, 0.25) is 5.79 Å². The zero-order valence-electron chi connectivity index (χ0n) is 26.1. The summed E-state index contributed by atoms with van der Waals surface area (Å²) in [4.78, 5) is 54.7. The molecule has 3 heterocycles. The Morgan fingerprint density at radius 2 is 1.83 bits per heavy atom. The number of hydrogen-bond acceptors (Lipinski definition) is 8. The Bertz CT molecular complexity index is 1020. The van der Waals surface area contributed by atoms with Gasteiger partial charge in [-0.1, -0.05) is 38.5 Å². The Balaban J connectivity index is 1.91. The summed E-state index contributed by atoms with van der Waals surface area (Å²) < 4.78 is 17.4. The summed E-state index contributed by atoms with van der Waals surface area (Å²) >= 11 is 0. The second-order valence-corrected chi connectivity index (χ2v) is 12.9. The maximum absolute atomic E-state index is 13.6. The molecule has 9 heteroatoms. The number of esters is 1. The number of carbonyl (C=O) groups is 4. The van der Waals surface area contributed by atoms with Gasteiger partial charge in [0.25, 0.3) is 11.7 Å². The Morgan fingerprint density at radius 1 is 1.10 bits per heavy atom. The Morgan fingerprint density at radius 3 is 2.52 bits per heavy atom. The number of allylic oxidation sites excluding steroid dienone is 3. The van der Waals surface area contributed by atoms with Crippen molar-refractivity contribution in [1.82, 2.24) is 4.90 Å². The molecule has 0 aliphatic carbocycles. The van der Waals surface area contributed by atoms with E-state index in [9.17, 15) is 24.3 Å². The number of ether oxygens (including phenoxy) is 3. The lowest BCUT2D eigenvalue weighted by Crippen LogP contribution is -2.62. The van der Waals surface area contributed by atoms with Crippen LogP contribution in [-0.4, -0.2) is 77.7 Å². The average molecular weight is 590 g/mol. The number of fused-ring (bicyclic) bond motifs is 3. The first kappa shape index (κ1) is 34.1. The third-order valence-corrected chi connectivity index (χ3v) is 9.19. The summed E-state index contributed by atoms with van der Waals surface area (Å²) in [5.41, 5.74) is 1.12. The smallest absolute Gasteiger partial charge is 0.328 e. The summed E-state index contributed by atoms with van der Waals surface area (Å²) in [6.07, 6.45) is 8.51. The van der Waals surface area contributed by atoms with E-state index in [0.29, 0.717) is 51.4 Å². The van der Waals surface area contributed by atoms with E-state index in [2.05, 4.69) is 13.5 Å². The molecule has 9 nitrogen and oxygen atoms in total. The molecule has 2 saturated heterocycles. The molecule has 1 amide bonds. The molecule has 0 saturated carbocycles. The van der Waals surface area contributed by atoms with Crippen LogP contribution < -0.4 is 0 Å². The Kier molecular flexibility index (Phi) is 12.5. The molecule has 8 atom stereocenters. The van der Waals surface area contributed by atoms with E-state index in [-0.39, 0.29) is 42.8 Å². The highest BCUT2D eigenvalue weighted by atomic mass is 16.7. The van der Waals surface area contributed by atoms with Crippen molar-refractivity contribution in [2.24, 2.45) is 23.7 Å². The van der Waals surface area contributed by atoms with Gasteiger partial charge in [0, 0.05) is 31.9 Å². The monoisotopic (exact) mass is 589 g/mol. The number of hydrogen-bond donors (Lipinski definition) is 1. The predicted molar refractivity (Wildman–Crippen MR) is 158 cm³/mol. The normalized spacial score (nSPS) is 38.0. The van der Waals surface area contributed by atoms with Crippen LogP contribution in [0, 0.1) is 23.7 Å². The van der Waals surface area contributed by atoms with E-state index >= 15 is 0 Å². The fourth-order valence-electron chi connectivity index (χ4n) is 6.52. The standard InChI is InChI=1S/C33H51NO8/c1-7-10-25-18-23(4)17-21(2)13-15-28-29(40-6)19-24(5)33(39,42-28)30(36)31(37)34-16-9-8-11-26(34)32(38)41-20-22(3)12-14-27(25)35/h7,18,21-22,24-26,28-29,39H,1,8-17,19-20H2,2-6H3/b23-18+/t21-,22-,24-,25-,26+,28-,29+,33-/m1/s1. The molecule has 0 unspecified atom stereocenters. The molecule has 3 rings (SSSR count). The van der Waals surface area contributed by atoms with Gasteiger partial charge in [0.1, 0.15) is 11.8 Å². The number of aliphatic hydroxyl groups is 1. The lowest BCUT2D eigenvalue weighted by molar-refractivity contribution is -0.287. The number of carbonyl (C=O) groups excluding carboxylic acids is 4. The van der Waals surface area contributed by atoms with Crippen molar-refractivity contribution in [2.45, 2.75) is 116 Å². The molecule has 3 aliphatic heterocycles. The zero-order valence-corrected chi connectivity index (χ0v) is 26.1. The predicted octanol–water partition coefficient (Wildman–Crippen LogP) is 4.55.